The third-order valence-corrected chi connectivity index (χ3v) is 5.14. The van der Waals surface area contributed by atoms with Crippen LogP contribution in [0.5, 0.6) is 17.4 Å². The smallest absolute Gasteiger partial charge is 0.374 e. The number of nitro groups is 1. The Morgan fingerprint density at radius 1 is 1.00 bits per heavy atom. The Kier molecular flexibility index (Phi) is 6.09. The zero-order chi connectivity index (χ0) is 21.7. The highest BCUT2D eigenvalue weighted by atomic mass is 32.2. The van der Waals surface area contributed by atoms with E-state index in [1.54, 1.807) is 24.3 Å². The van der Waals surface area contributed by atoms with E-state index in [2.05, 4.69) is 20.2 Å². The van der Waals surface area contributed by atoms with E-state index < -0.39 is 20.6 Å². The summed E-state index contributed by atoms with van der Waals surface area (Å²) in [5, 5.41) is 11.6. The molecule has 156 valence electrons. The van der Waals surface area contributed by atoms with Gasteiger partial charge in [-0.2, -0.15) is 4.98 Å². The summed E-state index contributed by atoms with van der Waals surface area (Å²) in [6.45, 7) is 1.82. The Hall–Kier alpha value is -3.77. The lowest BCUT2D eigenvalue weighted by molar-refractivity contribution is -0.385. The van der Waals surface area contributed by atoms with Crippen molar-refractivity contribution in [3.05, 3.63) is 70.5 Å². The van der Waals surface area contributed by atoms with Gasteiger partial charge in [0, 0.05) is 0 Å². The molecule has 0 atom stereocenters. The molecule has 0 amide bonds. The summed E-state index contributed by atoms with van der Waals surface area (Å²) < 4.78 is 35.3. The van der Waals surface area contributed by atoms with Crippen LogP contribution in [0.1, 0.15) is 5.56 Å². The lowest BCUT2D eigenvalue weighted by Gasteiger charge is -2.11. The van der Waals surface area contributed by atoms with Gasteiger partial charge in [0.1, 0.15) is 17.8 Å². The van der Waals surface area contributed by atoms with Crippen molar-refractivity contribution in [3.63, 3.8) is 0 Å². The maximum absolute atomic E-state index is 12.4. The highest BCUT2D eigenvalue weighted by molar-refractivity contribution is 7.89. The van der Waals surface area contributed by atoms with Crippen LogP contribution in [-0.4, -0.2) is 30.4 Å². The van der Waals surface area contributed by atoms with Crippen molar-refractivity contribution in [2.45, 2.75) is 11.8 Å². The first-order chi connectivity index (χ1) is 14.3. The first kappa shape index (κ1) is 21.0. The molecule has 0 fully saturated rings. The van der Waals surface area contributed by atoms with Crippen LogP contribution in [0.2, 0.25) is 0 Å². The molecular weight excluding hydrogens is 414 g/mol. The Labute approximate surface area is 171 Å². The maximum atomic E-state index is 12.4. The quantitative estimate of drug-likeness (QED) is 0.406. The summed E-state index contributed by atoms with van der Waals surface area (Å²) >= 11 is 0. The highest BCUT2D eigenvalue weighted by Crippen LogP contribution is 2.34. The monoisotopic (exact) mass is 431 g/mol. The average Bonchev–Trinajstić information content (AvgIpc) is 2.73. The molecular formula is C18H17N5O6S. The highest BCUT2D eigenvalue weighted by Gasteiger charge is 2.26. The number of hydrazine groups is 1. The van der Waals surface area contributed by atoms with Crippen LogP contribution in [0.15, 0.2) is 59.8 Å². The molecule has 30 heavy (non-hydrogen) atoms. The van der Waals surface area contributed by atoms with Crippen molar-refractivity contribution < 1.29 is 22.8 Å². The van der Waals surface area contributed by atoms with Gasteiger partial charge < -0.3 is 9.47 Å². The molecule has 1 aromatic heterocycles. The molecule has 0 aliphatic heterocycles. The second-order valence-electron chi connectivity index (χ2n) is 5.95. The van der Waals surface area contributed by atoms with E-state index >= 15 is 0 Å². The van der Waals surface area contributed by atoms with Crippen LogP contribution in [-0.2, 0) is 10.0 Å². The average molecular weight is 431 g/mol. The van der Waals surface area contributed by atoms with Gasteiger partial charge in [0.25, 0.3) is 10.0 Å². The number of aryl methyl sites for hydroxylation is 1. The van der Waals surface area contributed by atoms with Gasteiger partial charge in [-0.05, 0) is 43.3 Å². The summed E-state index contributed by atoms with van der Waals surface area (Å²) in [6.07, 6.45) is 1.01. The predicted molar refractivity (Wildman–Crippen MR) is 107 cm³/mol. The van der Waals surface area contributed by atoms with Crippen molar-refractivity contribution in [2.75, 3.05) is 12.5 Å². The lowest BCUT2D eigenvalue weighted by atomic mass is 10.2. The molecule has 3 aromatic rings. The summed E-state index contributed by atoms with van der Waals surface area (Å²) in [5.74, 6) is 0.0996. The number of sulfonamides is 1. The molecule has 0 bridgehead atoms. The topological polar surface area (TPSA) is 146 Å². The molecule has 0 radical (unpaired) electrons. The summed E-state index contributed by atoms with van der Waals surface area (Å²) in [6, 6.07) is 12.4. The molecule has 2 N–H and O–H groups in total. The predicted octanol–water partition coefficient (Wildman–Crippen LogP) is 2.80. The van der Waals surface area contributed by atoms with Crippen molar-refractivity contribution in [3.8, 4) is 17.4 Å². The second-order valence-corrected chi connectivity index (χ2v) is 7.64. The van der Waals surface area contributed by atoms with Crippen molar-refractivity contribution in [2.24, 2.45) is 0 Å². The fourth-order valence-electron chi connectivity index (χ4n) is 2.34. The van der Waals surface area contributed by atoms with Crippen LogP contribution in [0.3, 0.4) is 0 Å². The first-order valence-electron chi connectivity index (χ1n) is 8.46. The van der Waals surface area contributed by atoms with E-state index in [1.165, 1.54) is 31.4 Å². The van der Waals surface area contributed by atoms with Gasteiger partial charge in [0.15, 0.2) is 0 Å². The molecule has 0 saturated heterocycles. The third-order valence-electron chi connectivity index (χ3n) is 3.88. The Morgan fingerprint density at radius 3 is 2.23 bits per heavy atom. The fraction of sp³-hybridized carbons (Fsp3) is 0.111. The molecule has 0 saturated carbocycles. The van der Waals surface area contributed by atoms with E-state index in [-0.39, 0.29) is 22.3 Å². The van der Waals surface area contributed by atoms with Crippen LogP contribution < -0.4 is 19.7 Å². The minimum Gasteiger partial charge on any atom is -0.497 e. The molecule has 0 aliphatic carbocycles. The molecule has 0 spiro atoms. The summed E-state index contributed by atoms with van der Waals surface area (Å²) in [7, 11) is -2.50. The zero-order valence-corrected chi connectivity index (χ0v) is 16.7. The maximum Gasteiger partial charge on any atom is 0.374 e. The van der Waals surface area contributed by atoms with Crippen molar-refractivity contribution in [1.82, 2.24) is 14.8 Å². The number of hydrogen-bond donors (Lipinski definition) is 2. The number of aromatic nitrogens is 2. The number of hydrogen-bond acceptors (Lipinski definition) is 9. The van der Waals surface area contributed by atoms with E-state index in [4.69, 9.17) is 9.47 Å². The Bertz CT molecular complexity index is 1150. The van der Waals surface area contributed by atoms with E-state index in [0.29, 0.717) is 5.75 Å². The standard InChI is InChI=1S/C18H17N5O6S/c1-12-3-9-15(10-4-12)30(26,27)22-21-17-16(23(24)25)18(20-11-19-17)29-14-7-5-13(28-2)6-8-14/h3-11,22H,1-2H3,(H,19,20,21). The first-order valence-corrected chi connectivity index (χ1v) is 9.94. The largest absolute Gasteiger partial charge is 0.497 e. The molecule has 2 aromatic carbocycles. The van der Waals surface area contributed by atoms with Crippen LogP contribution in [0.25, 0.3) is 0 Å². The number of anilines is 1. The molecule has 11 nitrogen and oxygen atoms in total. The van der Waals surface area contributed by atoms with Gasteiger partial charge in [-0.3, -0.25) is 15.5 Å². The fourth-order valence-corrected chi connectivity index (χ4v) is 3.18. The number of benzene rings is 2. The van der Waals surface area contributed by atoms with E-state index in [0.717, 1.165) is 11.9 Å². The lowest BCUT2D eigenvalue weighted by Crippen LogP contribution is -2.30. The molecule has 0 aliphatic rings. The minimum absolute atomic E-state index is 0.0213. The number of methoxy groups -OCH3 is 1. The third kappa shape index (κ3) is 4.79. The van der Waals surface area contributed by atoms with Gasteiger partial charge in [0.05, 0.1) is 16.9 Å². The van der Waals surface area contributed by atoms with Crippen molar-refractivity contribution in [1.29, 1.82) is 0 Å². The van der Waals surface area contributed by atoms with E-state index in [1.807, 2.05) is 6.92 Å². The Balaban J connectivity index is 1.85. The van der Waals surface area contributed by atoms with Crippen LogP contribution in [0, 0.1) is 17.0 Å². The van der Waals surface area contributed by atoms with Crippen LogP contribution >= 0.6 is 0 Å². The second kappa shape index (κ2) is 8.71. The van der Waals surface area contributed by atoms with Crippen LogP contribution in [0.4, 0.5) is 11.5 Å². The molecule has 3 rings (SSSR count). The molecule has 12 heteroatoms. The zero-order valence-electron chi connectivity index (χ0n) is 15.9. The summed E-state index contributed by atoms with van der Waals surface area (Å²) in [5.41, 5.74) is 2.51. The molecule has 0 unspecified atom stereocenters. The van der Waals surface area contributed by atoms with Gasteiger partial charge in [0.2, 0.25) is 5.82 Å². The van der Waals surface area contributed by atoms with Gasteiger partial charge in [-0.25, -0.2) is 13.4 Å². The number of nitrogens with one attached hydrogen (secondary N) is 2. The van der Waals surface area contributed by atoms with E-state index in [9.17, 15) is 18.5 Å². The summed E-state index contributed by atoms with van der Waals surface area (Å²) in [4.78, 5) is 20.4. The SMILES string of the molecule is COc1ccc(Oc2ncnc(NNS(=O)(=O)c3ccc(C)cc3)c2[N+](=O)[O-])cc1. The minimum atomic E-state index is -4.00. The number of nitrogens with zero attached hydrogens (tertiary/aromatic N) is 3. The Morgan fingerprint density at radius 2 is 1.63 bits per heavy atom. The number of rotatable bonds is 8. The van der Waals surface area contributed by atoms with Gasteiger partial charge in [-0.1, -0.05) is 17.7 Å². The van der Waals surface area contributed by atoms with Gasteiger partial charge in [-0.15, -0.1) is 4.83 Å². The molecule has 1 heterocycles. The van der Waals surface area contributed by atoms with Gasteiger partial charge >= 0.3 is 11.6 Å². The van der Waals surface area contributed by atoms with Crippen molar-refractivity contribution >= 4 is 21.5 Å². The normalized spacial score (nSPS) is 11.0. The number of ether oxygens (including phenoxy) is 2.